The minimum absolute atomic E-state index is 0.0742. The first-order valence-electron chi connectivity index (χ1n) is 6.95. The molecule has 2 rings (SSSR count). The number of benzene rings is 1. The Morgan fingerprint density at radius 3 is 2.58 bits per heavy atom. The van der Waals surface area contributed by atoms with Crippen molar-refractivity contribution < 1.29 is 9.18 Å². The highest BCUT2D eigenvalue weighted by Crippen LogP contribution is 2.22. The molecule has 1 amide bonds. The Morgan fingerprint density at radius 2 is 1.89 bits per heavy atom. The van der Waals surface area contributed by atoms with Crippen LogP contribution >= 0.6 is 0 Å². The summed E-state index contributed by atoms with van der Waals surface area (Å²) in [6.45, 7) is 0.770. The van der Waals surface area contributed by atoms with Gasteiger partial charge in [-0.1, -0.05) is 31.4 Å². The fourth-order valence-corrected chi connectivity index (χ4v) is 2.44. The molecule has 0 atom stereocenters. The molecule has 19 heavy (non-hydrogen) atoms. The van der Waals surface area contributed by atoms with Gasteiger partial charge in [0.05, 0.1) is 0 Å². The molecule has 1 aliphatic carbocycles. The van der Waals surface area contributed by atoms with Crippen molar-refractivity contribution >= 4 is 12.0 Å². The predicted octanol–water partition coefficient (Wildman–Crippen LogP) is 3.54. The van der Waals surface area contributed by atoms with Gasteiger partial charge >= 0.3 is 0 Å². The Labute approximate surface area is 113 Å². The van der Waals surface area contributed by atoms with Crippen LogP contribution in [0.3, 0.4) is 0 Å². The van der Waals surface area contributed by atoms with Gasteiger partial charge in [-0.3, -0.25) is 4.79 Å². The molecule has 1 fully saturated rings. The Morgan fingerprint density at radius 1 is 1.21 bits per heavy atom. The molecule has 0 saturated heterocycles. The van der Waals surface area contributed by atoms with Crippen LogP contribution in [0.25, 0.3) is 6.08 Å². The van der Waals surface area contributed by atoms with E-state index in [9.17, 15) is 9.18 Å². The maximum Gasteiger partial charge on any atom is 0.244 e. The molecule has 0 aromatic heterocycles. The predicted molar refractivity (Wildman–Crippen MR) is 75.0 cm³/mol. The van der Waals surface area contributed by atoms with Gasteiger partial charge in [-0.25, -0.2) is 4.39 Å². The summed E-state index contributed by atoms with van der Waals surface area (Å²) >= 11 is 0. The topological polar surface area (TPSA) is 29.1 Å². The van der Waals surface area contributed by atoms with E-state index in [1.807, 2.05) is 0 Å². The van der Waals surface area contributed by atoms with Crippen molar-refractivity contribution in [3.8, 4) is 0 Å². The van der Waals surface area contributed by atoms with Gasteiger partial charge in [-0.05, 0) is 42.5 Å². The number of carbonyl (C=O) groups is 1. The molecule has 0 bridgehead atoms. The molecule has 1 aliphatic rings. The van der Waals surface area contributed by atoms with Crippen LogP contribution in [0.2, 0.25) is 0 Å². The van der Waals surface area contributed by atoms with Crippen LogP contribution in [0.1, 0.15) is 37.7 Å². The second kappa shape index (κ2) is 7.07. The highest BCUT2D eigenvalue weighted by atomic mass is 19.1. The van der Waals surface area contributed by atoms with E-state index >= 15 is 0 Å². The number of amides is 1. The van der Waals surface area contributed by atoms with Gasteiger partial charge < -0.3 is 5.32 Å². The largest absolute Gasteiger partial charge is 0.352 e. The van der Waals surface area contributed by atoms with Gasteiger partial charge in [0.15, 0.2) is 0 Å². The maximum absolute atomic E-state index is 12.7. The number of halogens is 1. The average molecular weight is 261 g/mol. The lowest BCUT2D eigenvalue weighted by Gasteiger charge is -2.21. The second-order valence-electron chi connectivity index (χ2n) is 5.13. The fourth-order valence-electron chi connectivity index (χ4n) is 2.44. The molecule has 1 aromatic carbocycles. The van der Waals surface area contributed by atoms with E-state index in [1.54, 1.807) is 18.2 Å². The molecule has 2 nitrogen and oxygen atoms in total. The van der Waals surface area contributed by atoms with Crippen molar-refractivity contribution in [2.75, 3.05) is 6.54 Å². The average Bonchev–Trinajstić information content (AvgIpc) is 2.45. The summed E-state index contributed by atoms with van der Waals surface area (Å²) in [5.41, 5.74) is 0.828. The minimum Gasteiger partial charge on any atom is -0.352 e. The summed E-state index contributed by atoms with van der Waals surface area (Å²) in [5.74, 6) is 0.297. The third-order valence-electron chi connectivity index (χ3n) is 3.59. The van der Waals surface area contributed by atoms with E-state index in [4.69, 9.17) is 0 Å². The quantitative estimate of drug-likeness (QED) is 0.825. The van der Waals surface area contributed by atoms with Crippen molar-refractivity contribution in [3.63, 3.8) is 0 Å². The van der Waals surface area contributed by atoms with Crippen molar-refractivity contribution in [3.05, 3.63) is 41.7 Å². The first kappa shape index (κ1) is 13.8. The van der Waals surface area contributed by atoms with Crippen LogP contribution in [0.4, 0.5) is 4.39 Å². The third-order valence-corrected chi connectivity index (χ3v) is 3.59. The Bertz CT molecular complexity index is 433. The van der Waals surface area contributed by atoms with Gasteiger partial charge in [0.2, 0.25) is 5.91 Å². The molecular formula is C16H20FNO. The van der Waals surface area contributed by atoms with Crippen molar-refractivity contribution in [2.24, 2.45) is 5.92 Å². The van der Waals surface area contributed by atoms with Gasteiger partial charge in [0, 0.05) is 12.6 Å². The molecular weight excluding hydrogens is 241 g/mol. The van der Waals surface area contributed by atoms with E-state index in [-0.39, 0.29) is 11.7 Å². The fraction of sp³-hybridized carbons (Fsp3) is 0.438. The van der Waals surface area contributed by atoms with Gasteiger partial charge in [-0.15, -0.1) is 0 Å². The standard InChI is InChI=1S/C16H20FNO/c17-15-9-6-13(7-10-15)8-11-16(19)18-12-14-4-2-1-3-5-14/h6-11,14H,1-5,12H2,(H,18,19)/b11-8+. The Hall–Kier alpha value is -1.64. The maximum atomic E-state index is 12.7. The molecule has 1 N–H and O–H groups in total. The minimum atomic E-state index is -0.265. The van der Waals surface area contributed by atoms with E-state index in [2.05, 4.69) is 5.32 Å². The summed E-state index contributed by atoms with van der Waals surface area (Å²) < 4.78 is 12.7. The Balaban J connectivity index is 1.75. The summed E-state index contributed by atoms with van der Waals surface area (Å²) in [5, 5.41) is 2.93. The van der Waals surface area contributed by atoms with Gasteiger partial charge in [0.25, 0.3) is 0 Å². The van der Waals surface area contributed by atoms with Crippen LogP contribution in [-0.2, 0) is 4.79 Å². The normalized spacial score (nSPS) is 16.7. The molecule has 0 heterocycles. The number of carbonyl (C=O) groups excluding carboxylic acids is 1. The van der Waals surface area contributed by atoms with Crippen LogP contribution in [0.5, 0.6) is 0 Å². The smallest absolute Gasteiger partial charge is 0.244 e. The van der Waals surface area contributed by atoms with Crippen LogP contribution < -0.4 is 5.32 Å². The zero-order chi connectivity index (χ0) is 13.5. The van der Waals surface area contributed by atoms with Crippen LogP contribution in [-0.4, -0.2) is 12.5 Å². The van der Waals surface area contributed by atoms with Crippen molar-refractivity contribution in [2.45, 2.75) is 32.1 Å². The molecule has 0 spiro atoms. The lowest BCUT2D eigenvalue weighted by atomic mass is 9.89. The summed E-state index contributed by atoms with van der Waals surface area (Å²) in [7, 11) is 0. The lowest BCUT2D eigenvalue weighted by molar-refractivity contribution is -0.116. The zero-order valence-corrected chi connectivity index (χ0v) is 11.1. The Kier molecular flexibility index (Phi) is 5.13. The van der Waals surface area contributed by atoms with E-state index in [1.165, 1.54) is 50.3 Å². The zero-order valence-electron chi connectivity index (χ0n) is 11.1. The first-order chi connectivity index (χ1) is 9.24. The van der Waals surface area contributed by atoms with Crippen LogP contribution in [0.15, 0.2) is 30.3 Å². The second-order valence-corrected chi connectivity index (χ2v) is 5.13. The highest BCUT2D eigenvalue weighted by Gasteiger charge is 2.13. The van der Waals surface area contributed by atoms with E-state index in [0.717, 1.165) is 12.1 Å². The van der Waals surface area contributed by atoms with E-state index < -0.39 is 0 Å². The summed E-state index contributed by atoms with van der Waals surface area (Å²) in [6, 6.07) is 6.08. The SMILES string of the molecule is O=C(/C=C/c1ccc(F)cc1)NCC1CCCCC1. The number of hydrogen-bond acceptors (Lipinski definition) is 1. The molecule has 0 aliphatic heterocycles. The number of hydrogen-bond donors (Lipinski definition) is 1. The van der Waals surface area contributed by atoms with Gasteiger partial charge in [0.1, 0.15) is 5.82 Å². The van der Waals surface area contributed by atoms with E-state index in [0.29, 0.717) is 5.92 Å². The highest BCUT2D eigenvalue weighted by molar-refractivity contribution is 5.91. The molecule has 1 aromatic rings. The number of rotatable bonds is 4. The molecule has 0 radical (unpaired) electrons. The summed E-state index contributed by atoms with van der Waals surface area (Å²) in [4.78, 5) is 11.7. The van der Waals surface area contributed by atoms with Crippen molar-refractivity contribution in [1.29, 1.82) is 0 Å². The number of nitrogens with one attached hydrogen (secondary N) is 1. The summed E-state index contributed by atoms with van der Waals surface area (Å²) in [6.07, 6.45) is 9.56. The van der Waals surface area contributed by atoms with Gasteiger partial charge in [-0.2, -0.15) is 0 Å². The monoisotopic (exact) mass is 261 g/mol. The van der Waals surface area contributed by atoms with Crippen LogP contribution in [0, 0.1) is 11.7 Å². The first-order valence-corrected chi connectivity index (χ1v) is 6.95. The third kappa shape index (κ3) is 4.86. The molecule has 0 unspecified atom stereocenters. The molecule has 102 valence electrons. The molecule has 1 saturated carbocycles. The lowest BCUT2D eigenvalue weighted by Crippen LogP contribution is -2.28. The molecule has 3 heteroatoms. The van der Waals surface area contributed by atoms with Crippen molar-refractivity contribution in [1.82, 2.24) is 5.32 Å².